The SMILES string of the molecule is COCCNN(NCCOC)C(=O)COC(=O)/C(C)=C/C(=O)O. The minimum atomic E-state index is -1.27. The first-order valence-electron chi connectivity index (χ1n) is 6.78. The molecule has 0 heterocycles. The molecular weight excluding hydrogens is 310 g/mol. The van der Waals surface area contributed by atoms with Gasteiger partial charge in [0.05, 0.1) is 13.2 Å². The normalized spacial score (nSPS) is 11.2. The summed E-state index contributed by atoms with van der Waals surface area (Å²) < 4.78 is 14.5. The number of hydrazine groups is 2. The van der Waals surface area contributed by atoms with E-state index in [-0.39, 0.29) is 5.57 Å². The molecule has 0 aromatic carbocycles. The van der Waals surface area contributed by atoms with Crippen LogP contribution in [0.25, 0.3) is 0 Å². The van der Waals surface area contributed by atoms with Gasteiger partial charge in [-0.25, -0.2) is 25.6 Å². The molecule has 0 aromatic heterocycles. The standard InChI is InChI=1S/C13H23N3O7/c1-10(8-12(18)19)13(20)23-9-11(17)16(14-4-6-21-2)15-5-7-22-3/h8,14-15H,4-7,9H2,1-3H3,(H,18,19)/b10-8+. The van der Waals surface area contributed by atoms with E-state index in [1.807, 2.05) is 0 Å². The molecule has 0 saturated heterocycles. The van der Waals surface area contributed by atoms with Crippen LogP contribution in [0.4, 0.5) is 0 Å². The van der Waals surface area contributed by atoms with Gasteiger partial charge in [-0.1, -0.05) is 0 Å². The lowest BCUT2D eigenvalue weighted by Gasteiger charge is -2.23. The van der Waals surface area contributed by atoms with Crippen molar-refractivity contribution in [3.63, 3.8) is 0 Å². The lowest BCUT2D eigenvalue weighted by Crippen LogP contribution is -2.54. The Morgan fingerprint density at radius 1 is 1.09 bits per heavy atom. The van der Waals surface area contributed by atoms with E-state index in [4.69, 9.17) is 19.3 Å². The number of carboxylic acids is 1. The summed E-state index contributed by atoms with van der Waals surface area (Å²) in [5, 5.41) is 9.61. The van der Waals surface area contributed by atoms with Gasteiger partial charge in [0.2, 0.25) is 0 Å². The Morgan fingerprint density at radius 2 is 1.61 bits per heavy atom. The lowest BCUT2D eigenvalue weighted by molar-refractivity contribution is -0.153. The number of rotatable bonds is 12. The first-order valence-corrected chi connectivity index (χ1v) is 6.78. The minimum absolute atomic E-state index is 0.114. The zero-order valence-electron chi connectivity index (χ0n) is 13.5. The van der Waals surface area contributed by atoms with Crippen LogP contribution in [0.2, 0.25) is 0 Å². The topological polar surface area (TPSA) is 126 Å². The number of hydrogen-bond donors (Lipinski definition) is 3. The Balaban J connectivity index is 4.44. The number of nitrogens with zero attached hydrogens (tertiary/aromatic N) is 1. The molecule has 0 rings (SSSR count). The van der Waals surface area contributed by atoms with Crippen molar-refractivity contribution in [2.45, 2.75) is 6.92 Å². The molecule has 1 amide bonds. The first-order chi connectivity index (χ1) is 10.9. The predicted molar refractivity (Wildman–Crippen MR) is 79.0 cm³/mol. The van der Waals surface area contributed by atoms with Crippen LogP contribution >= 0.6 is 0 Å². The van der Waals surface area contributed by atoms with Crippen LogP contribution in [-0.2, 0) is 28.6 Å². The van der Waals surface area contributed by atoms with Gasteiger partial charge in [0.25, 0.3) is 5.91 Å². The van der Waals surface area contributed by atoms with E-state index in [0.717, 1.165) is 5.12 Å². The molecule has 0 atom stereocenters. The summed E-state index contributed by atoms with van der Waals surface area (Å²) in [7, 11) is 3.04. The van der Waals surface area contributed by atoms with Crippen LogP contribution in [0.1, 0.15) is 6.92 Å². The van der Waals surface area contributed by atoms with Gasteiger partial charge in [0, 0.05) is 39.0 Å². The monoisotopic (exact) mass is 333 g/mol. The average Bonchev–Trinajstić information content (AvgIpc) is 2.50. The Labute approximate surface area is 134 Å². The smallest absolute Gasteiger partial charge is 0.334 e. The summed E-state index contributed by atoms with van der Waals surface area (Å²) in [5.74, 6) is -2.71. The van der Waals surface area contributed by atoms with Crippen molar-refractivity contribution >= 4 is 17.8 Å². The molecule has 0 aliphatic heterocycles. The molecule has 10 heteroatoms. The molecule has 0 unspecified atom stereocenters. The molecular formula is C13H23N3O7. The average molecular weight is 333 g/mol. The summed E-state index contributed by atoms with van der Waals surface area (Å²) in [6, 6.07) is 0. The fourth-order valence-corrected chi connectivity index (χ4v) is 1.30. The third-order valence-electron chi connectivity index (χ3n) is 2.39. The van der Waals surface area contributed by atoms with Gasteiger partial charge in [-0.3, -0.25) is 4.79 Å². The lowest BCUT2D eigenvalue weighted by atomic mass is 10.3. The van der Waals surface area contributed by atoms with Gasteiger partial charge in [-0.15, -0.1) is 0 Å². The van der Waals surface area contributed by atoms with Crippen LogP contribution < -0.4 is 10.9 Å². The molecule has 0 aliphatic carbocycles. The first kappa shape index (κ1) is 21.0. The number of carbonyl (C=O) groups excluding carboxylic acids is 2. The fourth-order valence-electron chi connectivity index (χ4n) is 1.30. The number of carbonyl (C=O) groups is 3. The number of methoxy groups -OCH3 is 2. The summed E-state index contributed by atoms with van der Waals surface area (Å²) >= 11 is 0. The van der Waals surface area contributed by atoms with Crippen LogP contribution in [0.15, 0.2) is 11.6 Å². The maximum atomic E-state index is 12.0. The van der Waals surface area contributed by atoms with Gasteiger partial charge < -0.3 is 19.3 Å². The number of nitrogens with one attached hydrogen (secondary N) is 2. The van der Waals surface area contributed by atoms with E-state index in [1.165, 1.54) is 21.1 Å². The summed E-state index contributed by atoms with van der Waals surface area (Å²) in [6.45, 7) is 2.18. The number of esters is 1. The van der Waals surface area contributed by atoms with E-state index in [1.54, 1.807) is 0 Å². The molecule has 0 bridgehead atoms. The van der Waals surface area contributed by atoms with Gasteiger partial charge in [0.1, 0.15) is 0 Å². The van der Waals surface area contributed by atoms with Crippen molar-refractivity contribution in [2.75, 3.05) is 47.1 Å². The molecule has 23 heavy (non-hydrogen) atoms. The van der Waals surface area contributed by atoms with Gasteiger partial charge in [0.15, 0.2) is 6.61 Å². The molecule has 132 valence electrons. The highest BCUT2D eigenvalue weighted by Crippen LogP contribution is 1.97. The van der Waals surface area contributed by atoms with Crippen LogP contribution in [-0.4, -0.2) is 75.2 Å². The quantitative estimate of drug-likeness (QED) is 0.173. The van der Waals surface area contributed by atoms with Crippen molar-refractivity contribution in [2.24, 2.45) is 0 Å². The second kappa shape index (κ2) is 12.5. The highest BCUT2D eigenvalue weighted by Gasteiger charge is 2.16. The van der Waals surface area contributed by atoms with E-state index < -0.39 is 24.5 Å². The number of carboxylic acid groups (broad SMARTS) is 1. The van der Waals surface area contributed by atoms with Gasteiger partial charge >= 0.3 is 11.9 Å². The molecule has 0 aliphatic rings. The summed E-state index contributed by atoms with van der Waals surface area (Å²) in [4.78, 5) is 34.0. The largest absolute Gasteiger partial charge is 0.478 e. The third-order valence-corrected chi connectivity index (χ3v) is 2.39. The Hall–Kier alpha value is -2.01. The molecule has 0 radical (unpaired) electrons. The number of aliphatic carboxylic acids is 1. The Kier molecular flexibility index (Phi) is 11.4. The van der Waals surface area contributed by atoms with Crippen molar-refractivity contribution < 1.29 is 33.7 Å². The van der Waals surface area contributed by atoms with Crippen molar-refractivity contribution in [3.8, 4) is 0 Å². The van der Waals surface area contributed by atoms with Crippen LogP contribution in [0, 0.1) is 0 Å². The molecule has 0 spiro atoms. The van der Waals surface area contributed by atoms with E-state index in [9.17, 15) is 14.4 Å². The van der Waals surface area contributed by atoms with Gasteiger partial charge in [-0.2, -0.15) is 0 Å². The zero-order chi connectivity index (χ0) is 17.7. The van der Waals surface area contributed by atoms with E-state index >= 15 is 0 Å². The van der Waals surface area contributed by atoms with Crippen molar-refractivity contribution in [1.82, 2.24) is 16.0 Å². The predicted octanol–water partition coefficient (Wildman–Crippen LogP) is -1.31. The van der Waals surface area contributed by atoms with Crippen LogP contribution in [0.3, 0.4) is 0 Å². The molecule has 0 fully saturated rings. The Morgan fingerprint density at radius 3 is 2.04 bits per heavy atom. The molecule has 3 N–H and O–H groups in total. The Bertz CT molecular complexity index is 416. The highest BCUT2D eigenvalue weighted by atomic mass is 16.5. The van der Waals surface area contributed by atoms with E-state index in [0.29, 0.717) is 32.4 Å². The number of ether oxygens (including phenoxy) is 3. The number of hydrogen-bond acceptors (Lipinski definition) is 8. The molecule has 0 aromatic rings. The van der Waals surface area contributed by atoms with Crippen LogP contribution in [0.5, 0.6) is 0 Å². The number of amides is 1. The second-order valence-corrected chi connectivity index (χ2v) is 4.27. The third kappa shape index (κ3) is 10.4. The van der Waals surface area contributed by atoms with E-state index in [2.05, 4.69) is 10.9 Å². The highest BCUT2D eigenvalue weighted by molar-refractivity contribution is 5.96. The maximum Gasteiger partial charge on any atom is 0.334 e. The van der Waals surface area contributed by atoms with Crippen molar-refractivity contribution in [1.29, 1.82) is 0 Å². The molecule has 0 saturated carbocycles. The summed E-state index contributed by atoms with van der Waals surface area (Å²) in [5.41, 5.74) is 5.40. The fraction of sp³-hybridized carbons (Fsp3) is 0.615. The second-order valence-electron chi connectivity index (χ2n) is 4.27. The maximum absolute atomic E-state index is 12.0. The van der Waals surface area contributed by atoms with Gasteiger partial charge in [-0.05, 0) is 6.92 Å². The summed E-state index contributed by atoms with van der Waals surface area (Å²) in [6.07, 6.45) is 0.707. The minimum Gasteiger partial charge on any atom is -0.478 e. The molecule has 10 nitrogen and oxygen atoms in total. The zero-order valence-corrected chi connectivity index (χ0v) is 13.5. The van der Waals surface area contributed by atoms with Crippen molar-refractivity contribution in [3.05, 3.63) is 11.6 Å².